The molecule has 0 amide bonds. The van der Waals surface area contributed by atoms with Gasteiger partial charge in [0.15, 0.2) is 0 Å². The Hall–Kier alpha value is -2.58. The van der Waals surface area contributed by atoms with Gasteiger partial charge < -0.3 is 0 Å². The molecular formula is C21H23FN4O2S. The zero-order chi connectivity index (χ0) is 20.6. The van der Waals surface area contributed by atoms with Crippen LogP contribution in [0, 0.1) is 5.82 Å². The number of sulfonamides is 1. The van der Waals surface area contributed by atoms with E-state index in [0.29, 0.717) is 18.7 Å². The first-order valence-corrected chi connectivity index (χ1v) is 11.1. The van der Waals surface area contributed by atoms with Crippen molar-refractivity contribution in [1.82, 2.24) is 18.8 Å². The van der Waals surface area contributed by atoms with Crippen molar-refractivity contribution in [3.8, 4) is 5.82 Å². The fourth-order valence-corrected chi connectivity index (χ4v) is 5.43. The van der Waals surface area contributed by atoms with E-state index >= 15 is 0 Å². The third-order valence-corrected chi connectivity index (χ3v) is 7.08. The second-order valence-electron chi connectivity index (χ2n) is 7.46. The summed E-state index contributed by atoms with van der Waals surface area (Å²) in [6, 6.07) is 10.3. The van der Waals surface area contributed by atoms with Crippen LogP contribution in [0.4, 0.5) is 4.39 Å². The fraction of sp³-hybridized carbons (Fsp3) is 0.333. The molecule has 1 aromatic carbocycles. The highest BCUT2D eigenvalue weighted by Gasteiger charge is 2.37. The van der Waals surface area contributed by atoms with Crippen LogP contribution < -0.4 is 0 Å². The van der Waals surface area contributed by atoms with E-state index in [1.54, 1.807) is 6.20 Å². The first-order chi connectivity index (χ1) is 13.9. The number of rotatable bonds is 5. The Morgan fingerprint density at radius 3 is 2.62 bits per heavy atom. The van der Waals surface area contributed by atoms with Gasteiger partial charge in [-0.25, -0.2) is 22.8 Å². The van der Waals surface area contributed by atoms with E-state index in [1.807, 2.05) is 29.0 Å². The van der Waals surface area contributed by atoms with Crippen LogP contribution in [0.25, 0.3) is 5.82 Å². The van der Waals surface area contributed by atoms with Gasteiger partial charge in [0.25, 0.3) is 0 Å². The van der Waals surface area contributed by atoms with Crippen molar-refractivity contribution < 1.29 is 12.8 Å². The number of pyridine rings is 1. The fourth-order valence-electron chi connectivity index (χ4n) is 3.76. The molecule has 0 aliphatic carbocycles. The summed E-state index contributed by atoms with van der Waals surface area (Å²) in [5.41, 5.74) is 0.703. The summed E-state index contributed by atoms with van der Waals surface area (Å²) in [5.74, 6) is 1.39. The molecule has 2 aromatic heterocycles. The lowest BCUT2D eigenvalue weighted by atomic mass is 10.1. The van der Waals surface area contributed by atoms with Crippen LogP contribution in [0.3, 0.4) is 0 Å². The van der Waals surface area contributed by atoms with E-state index in [9.17, 15) is 12.8 Å². The summed E-state index contributed by atoms with van der Waals surface area (Å²) in [6.45, 7) is 4.55. The van der Waals surface area contributed by atoms with Gasteiger partial charge in [0.2, 0.25) is 10.0 Å². The average Bonchev–Trinajstić information content (AvgIpc) is 3.38. The monoisotopic (exact) mass is 414 g/mol. The lowest BCUT2D eigenvalue weighted by molar-refractivity contribution is 0.390. The molecule has 1 aliphatic heterocycles. The molecule has 0 spiro atoms. The Labute approximate surface area is 170 Å². The minimum absolute atomic E-state index is 0.0960. The van der Waals surface area contributed by atoms with E-state index in [4.69, 9.17) is 4.98 Å². The lowest BCUT2D eigenvalue weighted by Crippen LogP contribution is -2.31. The summed E-state index contributed by atoms with van der Waals surface area (Å²) < 4.78 is 42.9. The predicted octanol–water partition coefficient (Wildman–Crippen LogP) is 4.06. The molecule has 4 rings (SSSR count). The highest BCUT2D eigenvalue weighted by atomic mass is 32.2. The summed E-state index contributed by atoms with van der Waals surface area (Å²) >= 11 is 0. The maximum absolute atomic E-state index is 13.2. The number of nitrogens with zero attached hydrogens (tertiary/aromatic N) is 4. The number of hydrogen-bond donors (Lipinski definition) is 0. The Bertz CT molecular complexity index is 1110. The molecule has 3 aromatic rings. The summed E-state index contributed by atoms with van der Waals surface area (Å²) in [4.78, 5) is 9.27. The second kappa shape index (κ2) is 7.68. The lowest BCUT2D eigenvalue weighted by Gasteiger charge is -2.24. The van der Waals surface area contributed by atoms with Crippen LogP contribution in [0.1, 0.15) is 50.2 Å². The number of hydrogen-bond acceptors (Lipinski definition) is 4. The van der Waals surface area contributed by atoms with Gasteiger partial charge in [0.1, 0.15) is 17.5 Å². The van der Waals surface area contributed by atoms with E-state index in [-0.39, 0.29) is 16.9 Å². The zero-order valence-corrected chi connectivity index (χ0v) is 17.2. The Morgan fingerprint density at radius 2 is 1.90 bits per heavy atom. The van der Waals surface area contributed by atoms with Crippen LogP contribution >= 0.6 is 0 Å². The molecule has 3 heterocycles. The van der Waals surface area contributed by atoms with Crippen molar-refractivity contribution in [3.05, 3.63) is 72.2 Å². The maximum atomic E-state index is 13.2. The van der Waals surface area contributed by atoms with Gasteiger partial charge in [-0.1, -0.05) is 19.9 Å². The molecule has 6 nitrogen and oxygen atoms in total. The first-order valence-electron chi connectivity index (χ1n) is 9.66. The number of benzene rings is 1. The van der Waals surface area contributed by atoms with Gasteiger partial charge in [-0.05, 0) is 49.2 Å². The SMILES string of the molecule is CC(C)c1nccn1-c1cccc(C2CCCN2S(=O)(=O)c2ccc(F)cc2)n1. The van der Waals surface area contributed by atoms with Crippen LogP contribution in [0.2, 0.25) is 0 Å². The molecule has 152 valence electrons. The van der Waals surface area contributed by atoms with Crippen LogP contribution in [0.15, 0.2) is 59.8 Å². The third-order valence-electron chi connectivity index (χ3n) is 5.15. The van der Waals surface area contributed by atoms with Crippen molar-refractivity contribution in [2.24, 2.45) is 0 Å². The minimum Gasteiger partial charge on any atom is -0.288 e. The number of aromatic nitrogens is 3. The van der Waals surface area contributed by atoms with Crippen molar-refractivity contribution >= 4 is 10.0 Å². The molecule has 0 N–H and O–H groups in total. The maximum Gasteiger partial charge on any atom is 0.243 e. The van der Waals surface area contributed by atoms with Crippen molar-refractivity contribution in [2.75, 3.05) is 6.54 Å². The number of imidazole rings is 1. The predicted molar refractivity (Wildman–Crippen MR) is 108 cm³/mol. The largest absolute Gasteiger partial charge is 0.288 e. The van der Waals surface area contributed by atoms with Gasteiger partial charge in [-0.2, -0.15) is 4.31 Å². The van der Waals surface area contributed by atoms with Crippen LogP contribution in [-0.2, 0) is 10.0 Å². The summed E-state index contributed by atoms with van der Waals surface area (Å²) in [6.07, 6.45) is 5.05. The van der Waals surface area contributed by atoms with Gasteiger partial charge in [0, 0.05) is 24.9 Å². The van der Waals surface area contributed by atoms with E-state index in [2.05, 4.69) is 18.8 Å². The van der Waals surface area contributed by atoms with Gasteiger partial charge >= 0.3 is 0 Å². The molecule has 1 aliphatic rings. The highest BCUT2D eigenvalue weighted by molar-refractivity contribution is 7.89. The third kappa shape index (κ3) is 3.70. The molecule has 0 bridgehead atoms. The molecule has 1 atom stereocenters. The smallest absolute Gasteiger partial charge is 0.243 e. The van der Waals surface area contributed by atoms with Gasteiger partial charge in [0.05, 0.1) is 16.6 Å². The quantitative estimate of drug-likeness (QED) is 0.632. The molecular weight excluding hydrogens is 391 g/mol. The summed E-state index contributed by atoms with van der Waals surface area (Å²) in [5, 5.41) is 0. The van der Waals surface area contributed by atoms with Crippen LogP contribution in [0.5, 0.6) is 0 Å². The molecule has 8 heteroatoms. The molecule has 29 heavy (non-hydrogen) atoms. The van der Waals surface area contributed by atoms with E-state index in [0.717, 1.165) is 18.1 Å². The van der Waals surface area contributed by atoms with E-state index in [1.165, 1.54) is 28.6 Å². The standard InChI is InChI=1S/C21H23FN4O2S/c1-15(2)21-23-12-14-25(21)20-7-3-5-18(24-20)19-6-4-13-26(19)29(27,28)17-10-8-16(22)9-11-17/h3,5,7-12,14-15,19H,4,6,13H2,1-2H3. The van der Waals surface area contributed by atoms with E-state index < -0.39 is 15.8 Å². The minimum atomic E-state index is -3.73. The van der Waals surface area contributed by atoms with Crippen LogP contribution in [-0.4, -0.2) is 33.8 Å². The normalized spacial score (nSPS) is 17.9. The topological polar surface area (TPSA) is 68.1 Å². The molecule has 0 radical (unpaired) electrons. The average molecular weight is 415 g/mol. The second-order valence-corrected chi connectivity index (χ2v) is 9.35. The number of halogens is 1. The van der Waals surface area contributed by atoms with Gasteiger partial charge in [-0.3, -0.25) is 4.57 Å². The zero-order valence-electron chi connectivity index (χ0n) is 16.4. The molecule has 0 saturated carbocycles. The first kappa shape index (κ1) is 19.7. The summed E-state index contributed by atoms with van der Waals surface area (Å²) in [7, 11) is -3.73. The van der Waals surface area contributed by atoms with Crippen molar-refractivity contribution in [2.45, 2.75) is 43.5 Å². The molecule has 1 saturated heterocycles. The Balaban J connectivity index is 1.69. The van der Waals surface area contributed by atoms with Crippen molar-refractivity contribution in [3.63, 3.8) is 0 Å². The molecule has 1 unspecified atom stereocenters. The Kier molecular flexibility index (Phi) is 5.23. The van der Waals surface area contributed by atoms with Gasteiger partial charge in [-0.15, -0.1) is 0 Å². The van der Waals surface area contributed by atoms with Crippen molar-refractivity contribution in [1.29, 1.82) is 0 Å². The molecule has 1 fully saturated rings. The Morgan fingerprint density at radius 1 is 1.14 bits per heavy atom. The highest BCUT2D eigenvalue weighted by Crippen LogP contribution is 2.36.